The molecule has 24 heavy (non-hydrogen) atoms. The predicted octanol–water partition coefficient (Wildman–Crippen LogP) is 4.42. The fourth-order valence-corrected chi connectivity index (χ4v) is 3.36. The van der Waals surface area contributed by atoms with Gasteiger partial charge in [-0.05, 0) is 24.1 Å². The van der Waals surface area contributed by atoms with Gasteiger partial charge in [-0.1, -0.05) is 48.5 Å². The van der Waals surface area contributed by atoms with Crippen LogP contribution in [0.2, 0.25) is 0 Å². The minimum Gasteiger partial charge on any atom is -0.461 e. The average molecular weight is 339 g/mol. The van der Waals surface area contributed by atoms with Crippen LogP contribution in [0.25, 0.3) is 11.0 Å². The quantitative estimate of drug-likeness (QED) is 0.618. The van der Waals surface area contributed by atoms with Crippen LogP contribution in [0.1, 0.15) is 17.7 Å². The number of nitrogens with one attached hydrogen (secondary N) is 1. The van der Waals surface area contributed by atoms with Crippen LogP contribution in [0.5, 0.6) is 0 Å². The van der Waals surface area contributed by atoms with Gasteiger partial charge >= 0.3 is 0 Å². The second-order valence-corrected chi connectivity index (χ2v) is 6.67. The zero-order chi connectivity index (χ0) is 16.6. The lowest BCUT2D eigenvalue weighted by molar-refractivity contribution is -0.118. The van der Waals surface area contributed by atoms with Crippen molar-refractivity contribution in [1.29, 1.82) is 0 Å². The zero-order valence-corrected chi connectivity index (χ0v) is 14.4. The van der Waals surface area contributed by atoms with E-state index in [9.17, 15) is 4.79 Å². The maximum absolute atomic E-state index is 11.8. The number of aryl methyl sites for hydroxylation is 1. The molecular formula is C20H21NO2S. The van der Waals surface area contributed by atoms with E-state index in [0.29, 0.717) is 12.3 Å². The highest BCUT2D eigenvalue weighted by molar-refractivity contribution is 7.99. The molecule has 0 aliphatic rings. The molecule has 0 aliphatic heterocycles. The summed E-state index contributed by atoms with van der Waals surface area (Å²) < 4.78 is 5.77. The van der Waals surface area contributed by atoms with Gasteiger partial charge in [-0.25, -0.2) is 0 Å². The second-order valence-electron chi connectivity index (χ2n) is 5.68. The first-order chi connectivity index (χ1) is 11.8. The first kappa shape index (κ1) is 16.7. The van der Waals surface area contributed by atoms with Crippen LogP contribution in [0.4, 0.5) is 0 Å². The molecular weight excluding hydrogens is 318 g/mol. The molecule has 0 aliphatic carbocycles. The minimum atomic E-state index is 0.0977. The number of furan rings is 1. The molecule has 0 bridgehead atoms. The van der Waals surface area contributed by atoms with Crippen molar-refractivity contribution in [1.82, 2.24) is 5.32 Å². The highest BCUT2D eigenvalue weighted by atomic mass is 32.2. The Balaban J connectivity index is 1.32. The van der Waals surface area contributed by atoms with Crippen molar-refractivity contribution in [2.24, 2.45) is 0 Å². The molecule has 0 fully saturated rings. The number of rotatable bonds is 8. The average Bonchev–Trinajstić information content (AvgIpc) is 3.02. The van der Waals surface area contributed by atoms with Crippen molar-refractivity contribution in [3.63, 3.8) is 0 Å². The lowest BCUT2D eigenvalue weighted by Gasteiger charge is -2.04. The van der Waals surface area contributed by atoms with Gasteiger partial charge in [0.25, 0.3) is 0 Å². The van der Waals surface area contributed by atoms with E-state index >= 15 is 0 Å². The van der Waals surface area contributed by atoms with E-state index in [2.05, 4.69) is 23.5 Å². The Labute approximate surface area is 146 Å². The maximum atomic E-state index is 11.8. The van der Waals surface area contributed by atoms with Crippen molar-refractivity contribution < 1.29 is 9.21 Å². The van der Waals surface area contributed by atoms with E-state index in [4.69, 9.17) is 4.42 Å². The van der Waals surface area contributed by atoms with Gasteiger partial charge in [-0.15, -0.1) is 11.8 Å². The Morgan fingerprint density at radius 3 is 2.67 bits per heavy atom. The molecule has 1 aromatic heterocycles. The van der Waals surface area contributed by atoms with Crippen LogP contribution in [0.15, 0.2) is 65.1 Å². The molecule has 3 nitrogen and oxygen atoms in total. The highest BCUT2D eigenvalue weighted by Crippen LogP contribution is 2.19. The van der Waals surface area contributed by atoms with Crippen LogP contribution in [-0.4, -0.2) is 18.2 Å². The molecule has 0 saturated carbocycles. The molecule has 0 atom stereocenters. The molecule has 4 heteroatoms. The summed E-state index contributed by atoms with van der Waals surface area (Å²) in [5.74, 6) is 2.44. The molecule has 3 aromatic rings. The summed E-state index contributed by atoms with van der Waals surface area (Å²) in [5.41, 5.74) is 2.18. The molecule has 1 heterocycles. The summed E-state index contributed by atoms with van der Waals surface area (Å²) in [4.78, 5) is 11.8. The van der Waals surface area contributed by atoms with Gasteiger partial charge < -0.3 is 9.73 Å². The van der Waals surface area contributed by atoms with Gasteiger partial charge in [0.15, 0.2) is 0 Å². The van der Waals surface area contributed by atoms with Gasteiger partial charge in [-0.2, -0.15) is 0 Å². The van der Waals surface area contributed by atoms with E-state index in [0.717, 1.165) is 35.3 Å². The smallest absolute Gasteiger partial charge is 0.230 e. The van der Waals surface area contributed by atoms with E-state index in [1.165, 1.54) is 5.56 Å². The van der Waals surface area contributed by atoms with Crippen LogP contribution >= 0.6 is 11.8 Å². The van der Waals surface area contributed by atoms with Gasteiger partial charge in [0.1, 0.15) is 11.3 Å². The Bertz CT molecular complexity index is 749. The van der Waals surface area contributed by atoms with Crippen LogP contribution in [0, 0.1) is 0 Å². The first-order valence-corrected chi connectivity index (χ1v) is 9.32. The molecule has 124 valence electrons. The van der Waals surface area contributed by atoms with Gasteiger partial charge in [0, 0.05) is 24.1 Å². The summed E-state index contributed by atoms with van der Waals surface area (Å²) in [6, 6.07) is 20.3. The lowest BCUT2D eigenvalue weighted by atomic mass is 10.2. The summed E-state index contributed by atoms with van der Waals surface area (Å²) in [7, 11) is 0. The lowest BCUT2D eigenvalue weighted by Crippen LogP contribution is -2.26. The number of benzene rings is 2. The molecule has 1 amide bonds. The molecule has 0 radical (unpaired) electrons. The van der Waals surface area contributed by atoms with Crippen molar-refractivity contribution in [2.45, 2.75) is 18.6 Å². The van der Waals surface area contributed by atoms with E-state index < -0.39 is 0 Å². The number of thioether (sulfide) groups is 1. The predicted molar refractivity (Wildman–Crippen MR) is 100 cm³/mol. The largest absolute Gasteiger partial charge is 0.461 e. The van der Waals surface area contributed by atoms with Crippen molar-refractivity contribution in [3.05, 3.63) is 72.0 Å². The number of carbonyl (C=O) groups is 1. The Morgan fingerprint density at radius 1 is 1.04 bits per heavy atom. The van der Waals surface area contributed by atoms with Gasteiger partial charge in [-0.3, -0.25) is 4.79 Å². The zero-order valence-electron chi connectivity index (χ0n) is 13.5. The number of amides is 1. The van der Waals surface area contributed by atoms with Crippen molar-refractivity contribution in [2.75, 3.05) is 12.3 Å². The third kappa shape index (κ3) is 4.90. The number of fused-ring (bicyclic) bond motifs is 1. The fraction of sp³-hybridized carbons (Fsp3) is 0.250. The number of hydrogen-bond donors (Lipinski definition) is 1. The van der Waals surface area contributed by atoms with Gasteiger partial charge in [0.2, 0.25) is 5.91 Å². The van der Waals surface area contributed by atoms with Crippen LogP contribution < -0.4 is 5.32 Å². The molecule has 3 rings (SSSR count). The first-order valence-electron chi connectivity index (χ1n) is 8.17. The number of para-hydroxylation sites is 1. The molecule has 0 unspecified atom stereocenters. The number of carbonyl (C=O) groups excluding carboxylic acids is 1. The summed E-state index contributed by atoms with van der Waals surface area (Å²) in [5, 5.41) is 4.10. The SMILES string of the molecule is O=C(CSCc1ccccc1)NCCCc1cc2ccccc2o1. The highest BCUT2D eigenvalue weighted by Gasteiger charge is 2.04. The summed E-state index contributed by atoms with van der Waals surface area (Å²) in [6.07, 6.45) is 1.72. The molecule has 0 spiro atoms. The topological polar surface area (TPSA) is 42.2 Å². The molecule has 2 aromatic carbocycles. The second kappa shape index (κ2) is 8.60. The Kier molecular flexibility index (Phi) is 5.96. The molecule has 0 saturated heterocycles. The van der Waals surface area contributed by atoms with E-state index in [1.54, 1.807) is 11.8 Å². The standard InChI is InChI=1S/C20H21NO2S/c22-20(15-24-14-16-7-2-1-3-8-16)21-12-6-10-18-13-17-9-4-5-11-19(17)23-18/h1-5,7-9,11,13H,6,10,12,14-15H2,(H,21,22). The number of hydrogen-bond acceptors (Lipinski definition) is 3. The monoisotopic (exact) mass is 339 g/mol. The fourth-order valence-electron chi connectivity index (χ4n) is 2.54. The summed E-state index contributed by atoms with van der Waals surface area (Å²) >= 11 is 1.64. The van der Waals surface area contributed by atoms with Gasteiger partial charge in [0.05, 0.1) is 5.75 Å². The maximum Gasteiger partial charge on any atom is 0.230 e. The molecule has 1 N–H and O–H groups in total. The normalized spacial score (nSPS) is 10.8. The Hall–Kier alpha value is -2.20. The Morgan fingerprint density at radius 2 is 1.83 bits per heavy atom. The van der Waals surface area contributed by atoms with Crippen LogP contribution in [0.3, 0.4) is 0 Å². The van der Waals surface area contributed by atoms with E-state index in [1.807, 2.05) is 42.5 Å². The third-order valence-corrected chi connectivity index (χ3v) is 4.75. The minimum absolute atomic E-state index is 0.0977. The summed E-state index contributed by atoms with van der Waals surface area (Å²) in [6.45, 7) is 0.682. The third-order valence-electron chi connectivity index (χ3n) is 3.74. The van der Waals surface area contributed by atoms with Crippen LogP contribution in [-0.2, 0) is 17.0 Å². The van der Waals surface area contributed by atoms with Crippen molar-refractivity contribution in [3.8, 4) is 0 Å². The van der Waals surface area contributed by atoms with Crippen molar-refractivity contribution >= 4 is 28.6 Å². The van der Waals surface area contributed by atoms with E-state index in [-0.39, 0.29) is 5.91 Å².